The van der Waals surface area contributed by atoms with E-state index in [2.05, 4.69) is 25.0 Å². The molecule has 2 fully saturated rings. The van der Waals surface area contributed by atoms with E-state index in [9.17, 15) is 0 Å². The summed E-state index contributed by atoms with van der Waals surface area (Å²) in [7, 11) is 0. The Morgan fingerprint density at radius 1 is 1.12 bits per heavy atom. The van der Waals surface area contributed by atoms with Crippen LogP contribution in [0.15, 0.2) is 30.6 Å². The predicted octanol–water partition coefficient (Wildman–Crippen LogP) is 5.66. The van der Waals surface area contributed by atoms with Crippen molar-refractivity contribution in [3.8, 4) is 11.3 Å². The molecule has 0 amide bonds. The fourth-order valence-corrected chi connectivity index (χ4v) is 4.50. The molecule has 0 radical (unpaired) electrons. The van der Waals surface area contributed by atoms with Crippen LogP contribution in [0.3, 0.4) is 0 Å². The molecule has 4 heterocycles. The number of ether oxygens (including phenoxy) is 1. The van der Waals surface area contributed by atoms with Crippen LogP contribution < -0.4 is 0 Å². The van der Waals surface area contributed by atoms with Gasteiger partial charge in [0.05, 0.1) is 29.7 Å². The minimum absolute atomic E-state index is 0.00820. The van der Waals surface area contributed by atoms with Crippen molar-refractivity contribution in [1.29, 1.82) is 0 Å². The molecule has 1 aromatic carbocycles. The second-order valence-corrected chi connectivity index (χ2v) is 9.15. The molecule has 1 aliphatic heterocycles. The molecule has 34 heavy (non-hydrogen) atoms. The van der Waals surface area contributed by atoms with Gasteiger partial charge in [0.15, 0.2) is 5.65 Å². The quantitative estimate of drug-likeness (QED) is 0.371. The minimum Gasteiger partial charge on any atom is -0.373 e. The highest BCUT2D eigenvalue weighted by atomic mass is 35.5. The summed E-state index contributed by atoms with van der Waals surface area (Å²) in [5.41, 5.74) is -0.659. The van der Waals surface area contributed by atoms with Gasteiger partial charge in [0.2, 0.25) is 0 Å². The van der Waals surface area contributed by atoms with Crippen LogP contribution in [0.1, 0.15) is 74.7 Å². The van der Waals surface area contributed by atoms with E-state index in [1.54, 1.807) is 6.20 Å². The SMILES string of the molecule is [2H]C([2H])([2H])c1nc2nc([C@H]3CCO[C@@H](c4cnn(C5CC5)c4)C3)nc(-c3ccc(Cl)cc3F)c2nc1C([2H])([2H])[2H]. The maximum atomic E-state index is 15.2. The number of aromatic nitrogens is 6. The molecule has 3 aromatic heterocycles. The van der Waals surface area contributed by atoms with E-state index in [4.69, 9.17) is 24.6 Å². The van der Waals surface area contributed by atoms with Crippen LogP contribution in [0.25, 0.3) is 22.4 Å². The zero-order valence-electron chi connectivity index (χ0n) is 24.0. The van der Waals surface area contributed by atoms with Gasteiger partial charge in [0.1, 0.15) is 22.9 Å². The largest absolute Gasteiger partial charge is 0.373 e. The van der Waals surface area contributed by atoms with E-state index in [0.29, 0.717) is 31.3 Å². The van der Waals surface area contributed by atoms with E-state index in [0.717, 1.165) is 24.5 Å². The number of nitrogens with zero attached hydrogens (tertiary/aromatic N) is 6. The lowest BCUT2D eigenvalue weighted by Gasteiger charge is -2.28. The number of halogens is 2. The first-order valence-corrected chi connectivity index (χ1v) is 11.5. The van der Waals surface area contributed by atoms with Gasteiger partial charge >= 0.3 is 0 Å². The van der Waals surface area contributed by atoms with Crippen LogP contribution in [0.2, 0.25) is 5.02 Å². The summed E-state index contributed by atoms with van der Waals surface area (Å²) in [6.07, 6.45) is 6.81. The molecular weight excluding hydrogens is 455 g/mol. The van der Waals surface area contributed by atoms with E-state index < -0.39 is 30.9 Å². The highest BCUT2D eigenvalue weighted by Gasteiger charge is 2.31. The fourth-order valence-electron chi connectivity index (χ4n) is 4.34. The lowest BCUT2D eigenvalue weighted by molar-refractivity contribution is 0.00396. The van der Waals surface area contributed by atoms with E-state index >= 15 is 4.39 Å². The van der Waals surface area contributed by atoms with Gasteiger partial charge in [-0.3, -0.25) is 4.68 Å². The highest BCUT2D eigenvalue weighted by Crippen LogP contribution is 2.40. The second kappa shape index (κ2) is 8.36. The maximum Gasteiger partial charge on any atom is 0.182 e. The normalized spacial score (nSPS) is 24.1. The smallest absolute Gasteiger partial charge is 0.182 e. The Kier molecular flexibility index (Phi) is 3.89. The molecule has 4 aromatic rings. The van der Waals surface area contributed by atoms with Crippen LogP contribution in [0, 0.1) is 19.5 Å². The van der Waals surface area contributed by atoms with Crippen LogP contribution in [0.4, 0.5) is 4.39 Å². The average Bonchev–Trinajstić information content (AvgIpc) is 3.62. The van der Waals surface area contributed by atoms with Gasteiger partial charge in [-0.25, -0.2) is 24.3 Å². The second-order valence-electron chi connectivity index (χ2n) is 8.71. The van der Waals surface area contributed by atoms with E-state index in [1.165, 1.54) is 12.1 Å². The van der Waals surface area contributed by atoms with Crippen LogP contribution in [0.5, 0.6) is 0 Å². The van der Waals surface area contributed by atoms with Crippen molar-refractivity contribution in [3.63, 3.8) is 0 Å². The molecular formula is C25H24ClFN6O. The van der Waals surface area contributed by atoms with Crippen molar-refractivity contribution in [2.45, 2.75) is 57.5 Å². The predicted molar refractivity (Wildman–Crippen MR) is 126 cm³/mol. The van der Waals surface area contributed by atoms with Crippen molar-refractivity contribution in [3.05, 3.63) is 64.2 Å². The number of hydrogen-bond acceptors (Lipinski definition) is 6. The summed E-state index contributed by atoms with van der Waals surface area (Å²) < 4.78 is 70.5. The molecule has 6 rings (SSSR count). The summed E-state index contributed by atoms with van der Waals surface area (Å²) in [6.45, 7) is -5.34. The number of hydrogen-bond donors (Lipinski definition) is 0. The zero-order valence-corrected chi connectivity index (χ0v) is 18.8. The van der Waals surface area contributed by atoms with Gasteiger partial charge in [-0.05, 0) is 57.6 Å². The Labute approximate surface area is 209 Å². The molecule has 174 valence electrons. The standard InChI is InChI=1S/C25H24ClFN6O/c1-13-14(2)30-25-23(29-13)22(19-6-3-17(26)10-20(19)27)31-24(32-25)15-7-8-34-21(9-15)16-11-28-33(12-16)18-4-5-18/h3,6,10-12,15,18,21H,4-5,7-9H2,1-2H3/t15-,21+/m0/s1/i1D3,2D3. The number of aryl methyl sites for hydroxylation is 2. The third-order valence-corrected chi connectivity index (χ3v) is 6.53. The minimum atomic E-state index is -2.89. The lowest BCUT2D eigenvalue weighted by atomic mass is 9.92. The Bertz CT molecular complexity index is 1610. The van der Waals surface area contributed by atoms with Crippen LogP contribution in [-0.2, 0) is 4.74 Å². The van der Waals surface area contributed by atoms with Crippen molar-refractivity contribution in [1.82, 2.24) is 29.7 Å². The Morgan fingerprint density at radius 3 is 2.76 bits per heavy atom. The molecule has 2 atom stereocenters. The molecule has 1 aliphatic carbocycles. The third kappa shape index (κ3) is 3.95. The number of rotatable bonds is 4. The van der Waals surface area contributed by atoms with E-state index in [1.807, 2.05) is 10.9 Å². The topological polar surface area (TPSA) is 78.6 Å². The van der Waals surface area contributed by atoms with Gasteiger partial charge in [-0.2, -0.15) is 5.10 Å². The summed E-state index contributed by atoms with van der Waals surface area (Å²) in [4.78, 5) is 17.6. The molecule has 0 unspecified atom stereocenters. The number of fused-ring (bicyclic) bond motifs is 1. The maximum absolute atomic E-state index is 15.2. The molecule has 0 bridgehead atoms. The molecule has 9 heteroatoms. The molecule has 7 nitrogen and oxygen atoms in total. The van der Waals surface area contributed by atoms with Gasteiger partial charge in [-0.1, -0.05) is 11.6 Å². The Balaban J connectivity index is 1.49. The van der Waals surface area contributed by atoms with Gasteiger partial charge in [0, 0.05) is 43.1 Å². The van der Waals surface area contributed by atoms with E-state index in [-0.39, 0.29) is 39.5 Å². The molecule has 0 spiro atoms. The molecule has 0 N–H and O–H groups in total. The summed E-state index contributed by atoms with van der Waals surface area (Å²) in [6, 6.07) is 4.43. The lowest BCUT2D eigenvalue weighted by Crippen LogP contribution is -2.20. The van der Waals surface area contributed by atoms with Crippen molar-refractivity contribution in [2.75, 3.05) is 6.61 Å². The van der Waals surface area contributed by atoms with Crippen molar-refractivity contribution >= 4 is 22.8 Å². The van der Waals surface area contributed by atoms with Crippen molar-refractivity contribution < 1.29 is 17.4 Å². The van der Waals surface area contributed by atoms with Gasteiger partial charge in [-0.15, -0.1) is 0 Å². The highest BCUT2D eigenvalue weighted by molar-refractivity contribution is 6.30. The first-order valence-electron chi connectivity index (χ1n) is 14.1. The molecule has 1 saturated carbocycles. The fraction of sp³-hybridized carbons (Fsp3) is 0.400. The first-order chi connectivity index (χ1) is 18.9. The number of benzene rings is 1. The van der Waals surface area contributed by atoms with Crippen LogP contribution in [-0.4, -0.2) is 36.3 Å². The monoisotopic (exact) mass is 484 g/mol. The Morgan fingerprint density at radius 2 is 1.97 bits per heavy atom. The van der Waals surface area contributed by atoms with Gasteiger partial charge < -0.3 is 4.74 Å². The van der Waals surface area contributed by atoms with Crippen LogP contribution >= 0.6 is 11.6 Å². The summed E-state index contributed by atoms with van der Waals surface area (Å²) >= 11 is 5.97. The average molecular weight is 485 g/mol. The molecule has 1 saturated heterocycles. The first kappa shape index (κ1) is 15.8. The molecule has 2 aliphatic rings. The summed E-state index contributed by atoms with van der Waals surface area (Å²) in [5, 5.41) is 4.62. The van der Waals surface area contributed by atoms with Gasteiger partial charge in [0.25, 0.3) is 0 Å². The summed E-state index contributed by atoms with van der Waals surface area (Å²) in [5.74, 6) is -0.623. The van der Waals surface area contributed by atoms with Crippen molar-refractivity contribution in [2.24, 2.45) is 0 Å². The third-order valence-electron chi connectivity index (χ3n) is 6.30. The Hall–Kier alpha value is -2.97. The zero-order chi connectivity index (χ0) is 28.4.